The normalized spacial score (nSPS) is 19.4. The van der Waals surface area contributed by atoms with Crippen LogP contribution in [-0.2, 0) is 15.1 Å². The van der Waals surface area contributed by atoms with Gasteiger partial charge in [0.25, 0.3) is 5.91 Å². The lowest BCUT2D eigenvalue weighted by Crippen LogP contribution is -2.42. The second-order valence-corrected chi connectivity index (χ2v) is 7.75. The standard InChI is InChI=1S/C18H15Br2N3O3/c1-18(13-7-2-3-8-14(13)20)16(25)23(17(26)22-18)10-15(24)21-12-6-4-5-11(19)9-12/h2-9H,10H2,1H3,(H,21,24)(H,22,26). The Morgan fingerprint density at radius 2 is 1.88 bits per heavy atom. The number of urea groups is 1. The van der Waals surface area contributed by atoms with E-state index in [9.17, 15) is 14.4 Å². The van der Waals surface area contributed by atoms with Crippen molar-refractivity contribution in [3.05, 3.63) is 63.0 Å². The number of nitrogens with one attached hydrogen (secondary N) is 2. The van der Waals surface area contributed by atoms with Gasteiger partial charge < -0.3 is 10.6 Å². The van der Waals surface area contributed by atoms with Crippen molar-refractivity contribution in [2.75, 3.05) is 11.9 Å². The molecule has 2 N–H and O–H groups in total. The zero-order valence-corrected chi connectivity index (χ0v) is 16.9. The molecule has 1 heterocycles. The molecule has 1 aliphatic rings. The number of imide groups is 1. The highest BCUT2D eigenvalue weighted by atomic mass is 79.9. The fourth-order valence-corrected chi connectivity index (χ4v) is 3.88. The number of nitrogens with zero attached hydrogens (tertiary/aromatic N) is 1. The molecule has 0 radical (unpaired) electrons. The average molecular weight is 481 g/mol. The van der Waals surface area contributed by atoms with E-state index in [4.69, 9.17) is 0 Å². The van der Waals surface area contributed by atoms with Crippen molar-refractivity contribution < 1.29 is 14.4 Å². The Hall–Kier alpha value is -2.19. The summed E-state index contributed by atoms with van der Waals surface area (Å²) in [5.74, 6) is -0.929. The number of anilines is 1. The van der Waals surface area contributed by atoms with Crippen LogP contribution in [-0.4, -0.2) is 29.3 Å². The molecular weight excluding hydrogens is 466 g/mol. The summed E-state index contributed by atoms with van der Waals surface area (Å²) in [4.78, 5) is 38.4. The third-order valence-corrected chi connectivity index (χ3v) is 5.28. The predicted octanol–water partition coefficient (Wildman–Crippen LogP) is 3.62. The molecule has 1 saturated heterocycles. The second-order valence-electron chi connectivity index (χ2n) is 5.98. The highest BCUT2D eigenvalue weighted by Crippen LogP contribution is 2.33. The number of amides is 4. The van der Waals surface area contributed by atoms with E-state index in [1.165, 1.54) is 0 Å². The number of carbonyl (C=O) groups is 3. The average Bonchev–Trinajstić information content (AvgIpc) is 2.79. The van der Waals surface area contributed by atoms with Crippen LogP contribution < -0.4 is 10.6 Å². The van der Waals surface area contributed by atoms with Crippen LogP contribution in [0.15, 0.2) is 57.5 Å². The van der Waals surface area contributed by atoms with E-state index in [1.54, 1.807) is 43.3 Å². The summed E-state index contributed by atoms with van der Waals surface area (Å²) in [5, 5.41) is 5.36. The highest BCUT2D eigenvalue weighted by molar-refractivity contribution is 9.10. The molecule has 4 amide bonds. The van der Waals surface area contributed by atoms with Crippen LogP contribution in [0.5, 0.6) is 0 Å². The summed E-state index contributed by atoms with van der Waals surface area (Å²) in [6.07, 6.45) is 0. The number of hydrogen-bond donors (Lipinski definition) is 2. The van der Waals surface area contributed by atoms with E-state index in [0.717, 1.165) is 9.37 Å². The van der Waals surface area contributed by atoms with Crippen LogP contribution in [0.1, 0.15) is 12.5 Å². The summed E-state index contributed by atoms with van der Waals surface area (Å²) in [6.45, 7) is 1.26. The smallest absolute Gasteiger partial charge is 0.324 e. The van der Waals surface area contributed by atoms with Gasteiger partial charge in [0.15, 0.2) is 0 Å². The van der Waals surface area contributed by atoms with Crippen molar-refractivity contribution >= 4 is 55.4 Å². The topological polar surface area (TPSA) is 78.5 Å². The Bertz CT molecular complexity index is 903. The Kier molecular flexibility index (Phi) is 5.15. The van der Waals surface area contributed by atoms with Crippen molar-refractivity contribution in [2.45, 2.75) is 12.5 Å². The van der Waals surface area contributed by atoms with Gasteiger partial charge in [0.1, 0.15) is 12.1 Å². The van der Waals surface area contributed by atoms with Crippen molar-refractivity contribution in [1.29, 1.82) is 0 Å². The molecule has 0 saturated carbocycles. The summed E-state index contributed by atoms with van der Waals surface area (Å²) in [6, 6.07) is 13.6. The SMILES string of the molecule is CC1(c2ccccc2Br)NC(=O)N(CC(=O)Nc2cccc(Br)c2)C1=O. The van der Waals surface area contributed by atoms with Crippen LogP contribution >= 0.6 is 31.9 Å². The maximum Gasteiger partial charge on any atom is 0.325 e. The highest BCUT2D eigenvalue weighted by Gasteiger charge is 2.50. The van der Waals surface area contributed by atoms with Crippen molar-refractivity contribution in [2.24, 2.45) is 0 Å². The second kappa shape index (κ2) is 7.20. The Morgan fingerprint density at radius 3 is 2.58 bits per heavy atom. The van der Waals surface area contributed by atoms with Gasteiger partial charge in [0, 0.05) is 20.2 Å². The summed E-state index contributed by atoms with van der Waals surface area (Å²) in [7, 11) is 0. The zero-order valence-electron chi connectivity index (χ0n) is 13.8. The van der Waals surface area contributed by atoms with Gasteiger partial charge in [0.05, 0.1) is 0 Å². The van der Waals surface area contributed by atoms with Gasteiger partial charge in [-0.3, -0.25) is 14.5 Å². The molecule has 2 aromatic rings. The number of rotatable bonds is 4. The molecule has 134 valence electrons. The molecule has 26 heavy (non-hydrogen) atoms. The third kappa shape index (κ3) is 3.52. The molecular formula is C18H15Br2N3O3. The molecule has 2 aromatic carbocycles. The van der Waals surface area contributed by atoms with E-state index in [1.807, 2.05) is 12.1 Å². The maximum atomic E-state index is 12.9. The summed E-state index contributed by atoms with van der Waals surface area (Å²) < 4.78 is 1.52. The molecule has 0 spiro atoms. The molecule has 1 unspecified atom stereocenters. The van der Waals surface area contributed by atoms with Crippen LogP contribution in [0.3, 0.4) is 0 Å². The molecule has 0 aliphatic carbocycles. The van der Waals surface area contributed by atoms with Gasteiger partial charge in [0.2, 0.25) is 5.91 Å². The molecule has 1 aliphatic heterocycles. The number of halogens is 2. The van der Waals surface area contributed by atoms with Gasteiger partial charge in [-0.15, -0.1) is 0 Å². The first-order chi connectivity index (χ1) is 12.3. The van der Waals surface area contributed by atoms with Crippen LogP contribution in [0.25, 0.3) is 0 Å². The number of hydrogen-bond acceptors (Lipinski definition) is 3. The molecule has 6 nitrogen and oxygen atoms in total. The van der Waals surface area contributed by atoms with Gasteiger partial charge in [-0.1, -0.05) is 56.1 Å². The first kappa shape index (κ1) is 18.6. The molecule has 1 atom stereocenters. The number of benzene rings is 2. The third-order valence-electron chi connectivity index (χ3n) is 4.10. The van der Waals surface area contributed by atoms with Crippen molar-refractivity contribution in [3.63, 3.8) is 0 Å². The predicted molar refractivity (Wildman–Crippen MR) is 105 cm³/mol. The Balaban J connectivity index is 1.77. The first-order valence-corrected chi connectivity index (χ1v) is 9.34. The molecule has 0 bridgehead atoms. The zero-order chi connectivity index (χ0) is 18.9. The van der Waals surface area contributed by atoms with E-state index in [2.05, 4.69) is 42.5 Å². The van der Waals surface area contributed by atoms with E-state index < -0.39 is 23.4 Å². The quantitative estimate of drug-likeness (QED) is 0.656. The Morgan fingerprint density at radius 1 is 1.15 bits per heavy atom. The van der Waals surface area contributed by atoms with Crippen LogP contribution in [0.2, 0.25) is 0 Å². The lowest BCUT2D eigenvalue weighted by atomic mass is 9.92. The van der Waals surface area contributed by atoms with E-state index in [-0.39, 0.29) is 6.54 Å². The monoisotopic (exact) mass is 479 g/mol. The van der Waals surface area contributed by atoms with Crippen LogP contribution in [0.4, 0.5) is 10.5 Å². The van der Waals surface area contributed by atoms with Gasteiger partial charge in [-0.05, 0) is 31.2 Å². The van der Waals surface area contributed by atoms with E-state index in [0.29, 0.717) is 15.7 Å². The fourth-order valence-electron chi connectivity index (χ4n) is 2.80. The van der Waals surface area contributed by atoms with Gasteiger partial charge in [-0.25, -0.2) is 4.79 Å². The largest absolute Gasteiger partial charge is 0.325 e. The van der Waals surface area contributed by atoms with Gasteiger partial charge in [-0.2, -0.15) is 0 Å². The van der Waals surface area contributed by atoms with Crippen molar-refractivity contribution in [3.8, 4) is 0 Å². The van der Waals surface area contributed by atoms with Crippen LogP contribution in [0, 0.1) is 0 Å². The number of carbonyl (C=O) groups excluding carboxylic acids is 3. The summed E-state index contributed by atoms with van der Waals surface area (Å²) in [5.41, 5.74) is -0.0222. The molecule has 1 fully saturated rings. The molecule has 8 heteroatoms. The lowest BCUT2D eigenvalue weighted by Gasteiger charge is -2.23. The fraction of sp³-hybridized carbons (Fsp3) is 0.167. The van der Waals surface area contributed by atoms with Crippen molar-refractivity contribution in [1.82, 2.24) is 10.2 Å². The minimum atomic E-state index is -1.23. The van der Waals surface area contributed by atoms with Gasteiger partial charge >= 0.3 is 6.03 Å². The maximum absolute atomic E-state index is 12.9. The molecule has 3 rings (SSSR count). The lowest BCUT2D eigenvalue weighted by molar-refractivity contribution is -0.133. The Labute approximate surface area is 167 Å². The first-order valence-electron chi connectivity index (χ1n) is 7.76. The minimum Gasteiger partial charge on any atom is -0.324 e. The molecule has 0 aromatic heterocycles. The minimum absolute atomic E-state index is 0.364. The van der Waals surface area contributed by atoms with E-state index >= 15 is 0 Å². The summed E-state index contributed by atoms with van der Waals surface area (Å²) >= 11 is 6.73.